The summed E-state index contributed by atoms with van der Waals surface area (Å²) in [5.41, 5.74) is 2.79. The second kappa shape index (κ2) is 6.70. The standard InChI is InChI=1S/C16H23N5O/c1-5-10-21(17)15-18-14(20(6-2)16(22)19-15)13-11(3)8-7-9-12(13)4/h7-9H,5-6,10,17H2,1-4H3. The first kappa shape index (κ1) is 16.2. The summed E-state index contributed by atoms with van der Waals surface area (Å²) in [5.74, 6) is 6.85. The molecule has 22 heavy (non-hydrogen) atoms. The molecule has 0 bridgehead atoms. The highest BCUT2D eigenvalue weighted by Crippen LogP contribution is 2.25. The Morgan fingerprint density at radius 3 is 2.36 bits per heavy atom. The molecule has 0 aliphatic rings. The van der Waals surface area contributed by atoms with Crippen LogP contribution in [-0.4, -0.2) is 21.1 Å². The second-order valence-corrected chi connectivity index (χ2v) is 5.33. The summed E-state index contributed by atoms with van der Waals surface area (Å²) >= 11 is 0. The van der Waals surface area contributed by atoms with Crippen molar-refractivity contribution in [2.24, 2.45) is 5.84 Å². The molecule has 0 spiro atoms. The zero-order valence-electron chi connectivity index (χ0n) is 13.6. The Balaban J connectivity index is 2.70. The van der Waals surface area contributed by atoms with Crippen LogP contribution in [0, 0.1) is 13.8 Å². The number of aromatic nitrogens is 3. The Morgan fingerprint density at radius 2 is 1.82 bits per heavy atom. The summed E-state index contributed by atoms with van der Waals surface area (Å²) in [7, 11) is 0. The van der Waals surface area contributed by atoms with E-state index in [0.29, 0.717) is 18.9 Å². The average Bonchev–Trinajstić information content (AvgIpc) is 2.47. The van der Waals surface area contributed by atoms with Gasteiger partial charge in [0.25, 0.3) is 0 Å². The van der Waals surface area contributed by atoms with Crippen LogP contribution in [0.5, 0.6) is 0 Å². The van der Waals surface area contributed by atoms with Crippen LogP contribution >= 0.6 is 0 Å². The van der Waals surface area contributed by atoms with Crippen LogP contribution in [-0.2, 0) is 6.54 Å². The first-order chi connectivity index (χ1) is 10.5. The molecule has 0 aliphatic carbocycles. The van der Waals surface area contributed by atoms with Crippen molar-refractivity contribution in [1.29, 1.82) is 0 Å². The largest absolute Gasteiger partial charge is 0.352 e. The lowest BCUT2D eigenvalue weighted by Crippen LogP contribution is -2.37. The minimum atomic E-state index is -0.322. The zero-order valence-corrected chi connectivity index (χ0v) is 13.6. The van der Waals surface area contributed by atoms with Crippen molar-refractivity contribution in [3.63, 3.8) is 0 Å². The Labute approximate surface area is 130 Å². The van der Waals surface area contributed by atoms with Crippen LogP contribution in [0.1, 0.15) is 31.4 Å². The SMILES string of the molecule is CCCN(N)c1nc(-c2c(C)cccc2C)n(CC)c(=O)n1. The van der Waals surface area contributed by atoms with Gasteiger partial charge in [-0.05, 0) is 38.3 Å². The summed E-state index contributed by atoms with van der Waals surface area (Å²) in [6.45, 7) is 9.07. The average molecular weight is 301 g/mol. The van der Waals surface area contributed by atoms with E-state index in [2.05, 4.69) is 9.97 Å². The predicted molar refractivity (Wildman–Crippen MR) is 88.7 cm³/mol. The fraction of sp³-hybridized carbons (Fsp3) is 0.438. The molecule has 0 atom stereocenters. The lowest BCUT2D eigenvalue weighted by atomic mass is 10.0. The topological polar surface area (TPSA) is 77.0 Å². The molecule has 2 aromatic rings. The van der Waals surface area contributed by atoms with Crippen molar-refractivity contribution in [2.45, 2.75) is 40.7 Å². The molecule has 1 aromatic carbocycles. The lowest BCUT2D eigenvalue weighted by molar-refractivity contribution is 0.668. The second-order valence-electron chi connectivity index (χ2n) is 5.33. The number of rotatable bonds is 5. The molecule has 1 aromatic heterocycles. The summed E-state index contributed by atoms with van der Waals surface area (Å²) in [5, 5.41) is 1.43. The van der Waals surface area contributed by atoms with Gasteiger partial charge in [-0.1, -0.05) is 25.1 Å². The number of hydrazine groups is 1. The van der Waals surface area contributed by atoms with E-state index >= 15 is 0 Å². The van der Waals surface area contributed by atoms with Gasteiger partial charge in [0.05, 0.1) is 0 Å². The van der Waals surface area contributed by atoms with Gasteiger partial charge >= 0.3 is 5.69 Å². The van der Waals surface area contributed by atoms with Gasteiger partial charge in [-0.25, -0.2) is 10.6 Å². The molecule has 6 nitrogen and oxygen atoms in total. The van der Waals surface area contributed by atoms with Crippen molar-refractivity contribution in [3.8, 4) is 11.4 Å². The van der Waals surface area contributed by atoms with Gasteiger partial charge in [0.2, 0.25) is 5.95 Å². The van der Waals surface area contributed by atoms with Crippen LogP contribution in [0.3, 0.4) is 0 Å². The third kappa shape index (κ3) is 3.01. The monoisotopic (exact) mass is 301 g/mol. The van der Waals surface area contributed by atoms with Crippen molar-refractivity contribution < 1.29 is 0 Å². The van der Waals surface area contributed by atoms with Crippen LogP contribution in [0.25, 0.3) is 11.4 Å². The third-order valence-electron chi connectivity index (χ3n) is 3.63. The molecule has 0 fully saturated rings. The molecular formula is C16H23N5O. The molecule has 0 unspecified atom stereocenters. The van der Waals surface area contributed by atoms with E-state index in [4.69, 9.17) is 5.84 Å². The van der Waals surface area contributed by atoms with Gasteiger partial charge < -0.3 is 0 Å². The number of nitrogens with two attached hydrogens (primary N) is 1. The fourth-order valence-corrected chi connectivity index (χ4v) is 2.53. The Bertz CT molecular complexity index is 703. The van der Waals surface area contributed by atoms with Gasteiger partial charge in [-0.2, -0.15) is 9.97 Å². The Morgan fingerprint density at radius 1 is 1.18 bits per heavy atom. The quantitative estimate of drug-likeness (QED) is 0.675. The molecule has 0 saturated carbocycles. The highest BCUT2D eigenvalue weighted by atomic mass is 16.1. The van der Waals surface area contributed by atoms with E-state index in [0.717, 1.165) is 23.1 Å². The maximum Gasteiger partial charge on any atom is 0.352 e. The van der Waals surface area contributed by atoms with E-state index in [1.54, 1.807) is 4.57 Å². The number of aryl methyl sites for hydroxylation is 2. The number of hydrogen-bond acceptors (Lipinski definition) is 5. The highest BCUT2D eigenvalue weighted by Gasteiger charge is 2.16. The van der Waals surface area contributed by atoms with E-state index in [9.17, 15) is 4.79 Å². The summed E-state index contributed by atoms with van der Waals surface area (Å²) < 4.78 is 1.58. The highest BCUT2D eigenvalue weighted by molar-refractivity contribution is 5.65. The third-order valence-corrected chi connectivity index (χ3v) is 3.63. The number of benzene rings is 1. The lowest BCUT2D eigenvalue weighted by Gasteiger charge is -2.19. The summed E-state index contributed by atoms with van der Waals surface area (Å²) in [6, 6.07) is 6.03. The van der Waals surface area contributed by atoms with Crippen LogP contribution in [0.4, 0.5) is 5.95 Å². The smallest absolute Gasteiger partial charge is 0.279 e. The normalized spacial score (nSPS) is 10.8. The van der Waals surface area contributed by atoms with Gasteiger partial charge in [-0.3, -0.25) is 9.58 Å². The molecule has 2 rings (SSSR count). The fourth-order valence-electron chi connectivity index (χ4n) is 2.53. The van der Waals surface area contributed by atoms with E-state index < -0.39 is 0 Å². The van der Waals surface area contributed by atoms with Crippen molar-refractivity contribution >= 4 is 5.95 Å². The van der Waals surface area contributed by atoms with Crippen LogP contribution in [0.2, 0.25) is 0 Å². The van der Waals surface area contributed by atoms with Gasteiger partial charge in [0.1, 0.15) is 5.82 Å². The zero-order chi connectivity index (χ0) is 16.3. The van der Waals surface area contributed by atoms with Crippen molar-refractivity contribution in [1.82, 2.24) is 14.5 Å². The maximum absolute atomic E-state index is 12.3. The number of hydrogen-bond donors (Lipinski definition) is 1. The van der Waals surface area contributed by atoms with Crippen molar-refractivity contribution in [3.05, 3.63) is 39.8 Å². The van der Waals surface area contributed by atoms with E-state index in [1.807, 2.05) is 45.9 Å². The number of nitrogens with zero attached hydrogens (tertiary/aromatic N) is 4. The van der Waals surface area contributed by atoms with E-state index in [1.165, 1.54) is 5.01 Å². The van der Waals surface area contributed by atoms with Crippen molar-refractivity contribution in [2.75, 3.05) is 11.6 Å². The summed E-state index contributed by atoms with van der Waals surface area (Å²) in [4.78, 5) is 20.9. The van der Waals surface area contributed by atoms with Gasteiger partial charge in [0.15, 0.2) is 0 Å². The number of anilines is 1. The molecule has 0 radical (unpaired) electrons. The van der Waals surface area contributed by atoms with Crippen LogP contribution < -0.4 is 16.5 Å². The molecular weight excluding hydrogens is 278 g/mol. The molecule has 118 valence electrons. The first-order valence-electron chi connectivity index (χ1n) is 7.57. The van der Waals surface area contributed by atoms with Gasteiger partial charge in [-0.15, -0.1) is 0 Å². The summed E-state index contributed by atoms with van der Waals surface area (Å²) in [6.07, 6.45) is 0.857. The molecule has 0 aliphatic heterocycles. The molecule has 1 heterocycles. The molecule has 0 saturated heterocycles. The first-order valence-corrected chi connectivity index (χ1v) is 7.57. The Hall–Kier alpha value is -2.21. The predicted octanol–water partition coefficient (Wildman–Crippen LogP) is 2.03. The van der Waals surface area contributed by atoms with Gasteiger partial charge in [0, 0.05) is 18.7 Å². The minimum Gasteiger partial charge on any atom is -0.279 e. The molecule has 6 heteroatoms. The minimum absolute atomic E-state index is 0.272. The van der Waals surface area contributed by atoms with Crippen LogP contribution in [0.15, 0.2) is 23.0 Å². The molecule has 0 amide bonds. The van der Waals surface area contributed by atoms with E-state index in [-0.39, 0.29) is 11.6 Å². The molecule has 2 N–H and O–H groups in total. The maximum atomic E-state index is 12.3. The Kier molecular flexibility index (Phi) is 4.92.